The molecule has 0 aromatic heterocycles. The molecule has 5 nitrogen and oxygen atoms in total. The molecule has 3 fully saturated rings. The molecule has 3 heterocycles. The Morgan fingerprint density at radius 1 is 1.18 bits per heavy atom. The molecular formula is C29H38N2O3. The predicted octanol–water partition coefficient (Wildman–Crippen LogP) is 6.15. The van der Waals surface area contributed by atoms with Crippen molar-refractivity contribution in [3.05, 3.63) is 53.1 Å². The van der Waals surface area contributed by atoms with E-state index >= 15 is 0 Å². The van der Waals surface area contributed by atoms with Gasteiger partial charge in [0, 0.05) is 6.54 Å². The molecule has 0 saturated carbocycles. The van der Waals surface area contributed by atoms with Gasteiger partial charge in [-0.3, -0.25) is 4.90 Å². The van der Waals surface area contributed by atoms with Crippen molar-refractivity contribution in [1.29, 1.82) is 0 Å². The molecule has 2 aromatic carbocycles. The quantitative estimate of drug-likeness (QED) is 0.560. The summed E-state index contributed by atoms with van der Waals surface area (Å²) in [6.07, 6.45) is 3.35. The number of amides is 1. The maximum atomic E-state index is 12.7. The van der Waals surface area contributed by atoms with Gasteiger partial charge in [0.25, 0.3) is 0 Å². The van der Waals surface area contributed by atoms with E-state index in [9.17, 15) is 9.90 Å². The van der Waals surface area contributed by atoms with E-state index < -0.39 is 6.09 Å². The lowest BCUT2D eigenvalue weighted by molar-refractivity contribution is -0.0267. The number of carbonyl (C=O) groups is 1. The normalized spacial score (nSPS) is 26.8. The minimum Gasteiger partial charge on any atom is -0.494 e. The zero-order valence-corrected chi connectivity index (χ0v) is 21.0. The summed E-state index contributed by atoms with van der Waals surface area (Å²) < 4.78 is 5.75. The van der Waals surface area contributed by atoms with E-state index in [0.29, 0.717) is 5.92 Å². The fraction of sp³-hybridized carbons (Fsp3) is 0.552. The fourth-order valence-corrected chi connectivity index (χ4v) is 6.67. The number of hydrogen-bond donors (Lipinski definition) is 1. The van der Waals surface area contributed by atoms with Crippen LogP contribution in [-0.4, -0.2) is 53.3 Å². The summed E-state index contributed by atoms with van der Waals surface area (Å²) in [6, 6.07) is 12.9. The van der Waals surface area contributed by atoms with Crippen molar-refractivity contribution in [2.75, 3.05) is 26.2 Å². The van der Waals surface area contributed by atoms with Crippen LogP contribution >= 0.6 is 0 Å². The molecule has 0 spiro atoms. The van der Waals surface area contributed by atoms with Gasteiger partial charge in [0.2, 0.25) is 0 Å². The third-order valence-corrected chi connectivity index (χ3v) is 8.28. The molecule has 3 saturated heterocycles. The third-order valence-electron chi connectivity index (χ3n) is 8.28. The highest BCUT2D eigenvalue weighted by atomic mass is 16.5. The van der Waals surface area contributed by atoms with Crippen LogP contribution in [0.15, 0.2) is 36.4 Å². The van der Waals surface area contributed by atoms with Crippen molar-refractivity contribution in [1.82, 2.24) is 9.80 Å². The van der Waals surface area contributed by atoms with Gasteiger partial charge in [-0.1, -0.05) is 45.0 Å². The van der Waals surface area contributed by atoms with Crippen molar-refractivity contribution >= 4 is 6.09 Å². The number of hydrogen-bond acceptors (Lipinski definition) is 3. The topological polar surface area (TPSA) is 53.0 Å². The zero-order valence-electron chi connectivity index (χ0n) is 21.0. The first kappa shape index (κ1) is 23.2. The molecule has 6 rings (SSSR count). The lowest BCUT2D eigenvalue weighted by atomic mass is 9.79. The van der Waals surface area contributed by atoms with Crippen LogP contribution < -0.4 is 4.74 Å². The first-order valence-electron chi connectivity index (χ1n) is 12.9. The Hall–Kier alpha value is -2.53. The highest BCUT2D eigenvalue weighted by Gasteiger charge is 2.50. The van der Waals surface area contributed by atoms with Gasteiger partial charge >= 0.3 is 6.09 Å². The van der Waals surface area contributed by atoms with Gasteiger partial charge in [-0.05, 0) is 97.0 Å². The number of piperidine rings is 3. The maximum Gasteiger partial charge on any atom is 0.408 e. The number of rotatable bonds is 6. The monoisotopic (exact) mass is 462 g/mol. The Labute approximate surface area is 203 Å². The smallest absolute Gasteiger partial charge is 0.408 e. The molecular weight excluding hydrogens is 424 g/mol. The molecule has 1 N–H and O–H groups in total. The van der Waals surface area contributed by atoms with Gasteiger partial charge in [-0.25, -0.2) is 4.79 Å². The summed E-state index contributed by atoms with van der Waals surface area (Å²) in [4.78, 5) is 17.0. The second kappa shape index (κ2) is 8.92. The van der Waals surface area contributed by atoms with Gasteiger partial charge in [0.05, 0.1) is 18.7 Å². The summed E-state index contributed by atoms with van der Waals surface area (Å²) >= 11 is 0. The number of carboxylic acid groups (broad SMARTS) is 1. The highest BCUT2D eigenvalue weighted by Crippen LogP contribution is 2.52. The average Bonchev–Trinajstić information content (AvgIpc) is 3.07. The molecule has 2 aromatic rings. The van der Waals surface area contributed by atoms with Crippen molar-refractivity contribution < 1.29 is 14.6 Å². The summed E-state index contributed by atoms with van der Waals surface area (Å²) in [7, 11) is 0. The Morgan fingerprint density at radius 3 is 2.47 bits per heavy atom. The highest BCUT2D eigenvalue weighted by molar-refractivity contribution is 5.72. The number of fused-ring (bicyclic) bond motifs is 4. The lowest BCUT2D eigenvalue weighted by Gasteiger charge is -2.51. The minimum absolute atomic E-state index is 0.0888. The van der Waals surface area contributed by atoms with Crippen LogP contribution in [0.3, 0.4) is 0 Å². The van der Waals surface area contributed by atoms with E-state index in [1.165, 1.54) is 27.8 Å². The maximum absolute atomic E-state index is 12.7. The van der Waals surface area contributed by atoms with Crippen LogP contribution in [0.1, 0.15) is 62.8 Å². The molecule has 1 amide bonds. The molecule has 182 valence electrons. The molecule has 0 radical (unpaired) electrons. The Balaban J connectivity index is 1.49. The molecule has 1 aliphatic carbocycles. The Bertz CT molecular complexity index is 1050. The molecule has 2 bridgehead atoms. The minimum atomic E-state index is -0.769. The molecule has 34 heavy (non-hydrogen) atoms. The summed E-state index contributed by atoms with van der Waals surface area (Å²) in [6.45, 7) is 12.6. The summed E-state index contributed by atoms with van der Waals surface area (Å²) in [5.74, 6) is 1.38. The zero-order chi connectivity index (χ0) is 24.0. The largest absolute Gasteiger partial charge is 0.494 e. The van der Waals surface area contributed by atoms with Crippen LogP contribution in [0, 0.1) is 18.3 Å². The molecule has 2 atom stereocenters. The predicted molar refractivity (Wildman–Crippen MR) is 135 cm³/mol. The number of nitrogens with zero attached hydrogens (tertiary/aromatic N) is 2. The molecule has 4 aliphatic rings. The first-order chi connectivity index (χ1) is 16.3. The van der Waals surface area contributed by atoms with Crippen LogP contribution in [0.4, 0.5) is 4.79 Å². The fourth-order valence-electron chi connectivity index (χ4n) is 6.67. The van der Waals surface area contributed by atoms with Crippen molar-refractivity contribution in [2.45, 2.75) is 65.5 Å². The van der Waals surface area contributed by atoms with Crippen molar-refractivity contribution in [3.8, 4) is 16.9 Å². The van der Waals surface area contributed by atoms with E-state index in [1.807, 2.05) is 17.0 Å². The molecule has 5 heteroatoms. The lowest BCUT2D eigenvalue weighted by Crippen LogP contribution is -2.60. The SMILES string of the molecule is CCCOc1ccc(-c2cc3c(cc2C)[C@H](N(C(=O)O)[C@@H]2CN4CCC2CC4)C(C)(C)C3)cc1. The average molecular weight is 463 g/mol. The van der Waals surface area contributed by atoms with Gasteiger partial charge < -0.3 is 14.7 Å². The van der Waals surface area contributed by atoms with Crippen LogP contribution in [0.25, 0.3) is 11.1 Å². The Kier molecular flexibility index (Phi) is 6.09. The molecule has 3 aliphatic heterocycles. The van der Waals surface area contributed by atoms with Gasteiger partial charge in [-0.2, -0.15) is 0 Å². The number of benzene rings is 2. The van der Waals surface area contributed by atoms with Gasteiger partial charge in [-0.15, -0.1) is 0 Å². The summed E-state index contributed by atoms with van der Waals surface area (Å²) in [5.41, 5.74) is 5.94. The second-order valence-corrected chi connectivity index (χ2v) is 11.2. The van der Waals surface area contributed by atoms with Crippen LogP contribution in [0.5, 0.6) is 5.75 Å². The van der Waals surface area contributed by atoms with E-state index in [1.54, 1.807) is 0 Å². The standard InChI is InChI=1S/C29H38N2O3/c1-5-14-34-23-8-6-20(7-9-23)24-16-22-17-29(3,4)27(25(22)15-19(24)2)31(28(32)33)26-18-30-12-10-21(26)11-13-30/h6-9,15-16,21,26-27H,5,10-14,17-18H2,1-4H3,(H,32,33)/t26-,27+/m1/s1. The van der Waals surface area contributed by atoms with E-state index in [0.717, 1.165) is 57.7 Å². The first-order valence-corrected chi connectivity index (χ1v) is 12.9. The van der Waals surface area contributed by atoms with E-state index in [4.69, 9.17) is 4.74 Å². The van der Waals surface area contributed by atoms with Gasteiger partial charge in [0.15, 0.2) is 0 Å². The van der Waals surface area contributed by atoms with E-state index in [2.05, 4.69) is 56.9 Å². The Morgan fingerprint density at radius 2 is 1.88 bits per heavy atom. The summed E-state index contributed by atoms with van der Waals surface area (Å²) in [5, 5.41) is 10.5. The number of aryl methyl sites for hydroxylation is 1. The van der Waals surface area contributed by atoms with E-state index in [-0.39, 0.29) is 17.5 Å². The molecule has 0 unspecified atom stereocenters. The van der Waals surface area contributed by atoms with Crippen LogP contribution in [-0.2, 0) is 6.42 Å². The second-order valence-electron chi connectivity index (χ2n) is 11.2. The van der Waals surface area contributed by atoms with Crippen molar-refractivity contribution in [3.63, 3.8) is 0 Å². The number of ether oxygens (including phenoxy) is 1. The van der Waals surface area contributed by atoms with Gasteiger partial charge in [0.1, 0.15) is 5.75 Å². The van der Waals surface area contributed by atoms with Crippen molar-refractivity contribution in [2.24, 2.45) is 11.3 Å². The third kappa shape index (κ3) is 4.08. The van der Waals surface area contributed by atoms with Crippen LogP contribution in [0.2, 0.25) is 0 Å².